The quantitative estimate of drug-likeness (QED) is 0.748. The van der Waals surface area contributed by atoms with Crippen molar-refractivity contribution in [2.75, 3.05) is 11.6 Å². The fourth-order valence-corrected chi connectivity index (χ4v) is 3.49. The van der Waals surface area contributed by atoms with Crippen molar-refractivity contribution >= 4 is 36.3 Å². The third-order valence-corrected chi connectivity index (χ3v) is 4.39. The number of rotatable bonds is 3. The number of amides is 1. The Morgan fingerprint density at radius 3 is 2.60 bits per heavy atom. The Morgan fingerprint density at radius 2 is 2.20 bits per heavy atom. The summed E-state index contributed by atoms with van der Waals surface area (Å²) in [6.07, 6.45) is -0.564. The molecular formula is C9H15NO3S2. The van der Waals surface area contributed by atoms with Crippen LogP contribution in [0.25, 0.3) is 0 Å². The maximum Gasteiger partial charge on any atom is 0.408 e. The minimum atomic E-state index is -0.964. The first-order valence-corrected chi connectivity index (χ1v) is 6.35. The SMILES string of the molecule is CC1(C)C(C(=O)CCS)SCN1C(=O)O. The van der Waals surface area contributed by atoms with Crippen molar-refractivity contribution in [1.82, 2.24) is 4.90 Å². The molecule has 1 unspecified atom stereocenters. The van der Waals surface area contributed by atoms with Crippen molar-refractivity contribution in [2.24, 2.45) is 0 Å². The van der Waals surface area contributed by atoms with Gasteiger partial charge in [0.15, 0.2) is 0 Å². The largest absolute Gasteiger partial charge is 0.465 e. The molecule has 1 rings (SSSR count). The molecule has 0 saturated carbocycles. The molecule has 86 valence electrons. The molecule has 0 radical (unpaired) electrons. The Balaban J connectivity index is 2.79. The third-order valence-electron chi connectivity index (χ3n) is 2.59. The highest BCUT2D eigenvalue weighted by Crippen LogP contribution is 2.38. The summed E-state index contributed by atoms with van der Waals surface area (Å²) in [6.45, 7) is 3.59. The van der Waals surface area contributed by atoms with Crippen LogP contribution in [-0.4, -0.2) is 44.3 Å². The Morgan fingerprint density at radius 1 is 1.60 bits per heavy atom. The Hall–Kier alpha value is -0.360. The minimum absolute atomic E-state index is 0.0868. The predicted octanol–water partition coefficient (Wildman–Crippen LogP) is 1.71. The second kappa shape index (κ2) is 4.65. The molecule has 1 amide bonds. The van der Waals surface area contributed by atoms with Crippen LogP contribution in [0.3, 0.4) is 0 Å². The number of thioether (sulfide) groups is 1. The van der Waals surface area contributed by atoms with Crippen LogP contribution in [-0.2, 0) is 4.79 Å². The van der Waals surface area contributed by atoms with E-state index < -0.39 is 11.6 Å². The molecule has 1 fully saturated rings. The van der Waals surface area contributed by atoms with E-state index >= 15 is 0 Å². The number of carbonyl (C=O) groups excluding carboxylic acids is 1. The average Bonchev–Trinajstić information content (AvgIpc) is 2.41. The van der Waals surface area contributed by atoms with E-state index in [4.69, 9.17) is 5.11 Å². The molecule has 1 atom stereocenters. The molecule has 1 saturated heterocycles. The van der Waals surface area contributed by atoms with Gasteiger partial charge >= 0.3 is 6.09 Å². The average molecular weight is 249 g/mol. The van der Waals surface area contributed by atoms with Gasteiger partial charge in [-0.15, -0.1) is 11.8 Å². The van der Waals surface area contributed by atoms with Crippen LogP contribution in [0.5, 0.6) is 0 Å². The molecule has 1 aliphatic rings. The number of carbonyl (C=O) groups is 2. The fourth-order valence-electron chi connectivity index (χ4n) is 1.69. The van der Waals surface area contributed by atoms with Crippen LogP contribution in [0, 0.1) is 0 Å². The van der Waals surface area contributed by atoms with E-state index in [1.54, 1.807) is 13.8 Å². The molecule has 0 spiro atoms. The van der Waals surface area contributed by atoms with Gasteiger partial charge in [0.2, 0.25) is 0 Å². The maximum absolute atomic E-state index is 11.7. The second-order valence-electron chi connectivity index (χ2n) is 3.98. The third kappa shape index (κ3) is 2.42. The molecule has 4 nitrogen and oxygen atoms in total. The summed E-state index contributed by atoms with van der Waals surface area (Å²) >= 11 is 5.41. The van der Waals surface area contributed by atoms with E-state index in [1.165, 1.54) is 16.7 Å². The predicted molar refractivity (Wildman–Crippen MR) is 63.7 cm³/mol. The molecule has 0 aromatic carbocycles. The molecule has 0 aliphatic carbocycles. The first-order chi connectivity index (χ1) is 6.91. The van der Waals surface area contributed by atoms with E-state index in [2.05, 4.69) is 12.6 Å². The summed E-state index contributed by atoms with van der Waals surface area (Å²) in [7, 11) is 0. The first-order valence-electron chi connectivity index (χ1n) is 4.67. The smallest absolute Gasteiger partial charge is 0.408 e. The number of hydrogen-bond acceptors (Lipinski definition) is 4. The van der Waals surface area contributed by atoms with Gasteiger partial charge in [-0.2, -0.15) is 12.6 Å². The van der Waals surface area contributed by atoms with Crippen molar-refractivity contribution in [1.29, 1.82) is 0 Å². The van der Waals surface area contributed by atoms with Gasteiger partial charge in [-0.05, 0) is 19.6 Å². The van der Waals surface area contributed by atoms with Gasteiger partial charge in [-0.25, -0.2) is 4.79 Å². The number of carboxylic acid groups (broad SMARTS) is 1. The van der Waals surface area contributed by atoms with Crippen LogP contribution in [0.2, 0.25) is 0 Å². The van der Waals surface area contributed by atoms with E-state index in [0.717, 1.165) is 0 Å². The van der Waals surface area contributed by atoms with Crippen molar-refractivity contribution in [3.8, 4) is 0 Å². The molecule has 0 bridgehead atoms. The molecule has 15 heavy (non-hydrogen) atoms. The van der Waals surface area contributed by atoms with Crippen molar-refractivity contribution < 1.29 is 14.7 Å². The van der Waals surface area contributed by atoms with Gasteiger partial charge in [0.05, 0.1) is 16.7 Å². The summed E-state index contributed by atoms with van der Waals surface area (Å²) in [5, 5.41) is 8.70. The number of Topliss-reactive ketones (excluding diaryl/α,β-unsaturated/α-hetero) is 1. The highest BCUT2D eigenvalue weighted by molar-refractivity contribution is 8.00. The zero-order valence-electron chi connectivity index (χ0n) is 8.77. The molecular weight excluding hydrogens is 234 g/mol. The molecule has 6 heteroatoms. The summed E-state index contributed by atoms with van der Waals surface area (Å²) in [5.41, 5.74) is -0.615. The Bertz CT molecular complexity index is 281. The lowest BCUT2D eigenvalue weighted by Crippen LogP contribution is -2.49. The summed E-state index contributed by atoms with van der Waals surface area (Å²) in [4.78, 5) is 24.0. The molecule has 1 aliphatic heterocycles. The lowest BCUT2D eigenvalue weighted by atomic mass is 9.94. The van der Waals surface area contributed by atoms with Crippen molar-refractivity contribution in [2.45, 2.75) is 31.1 Å². The van der Waals surface area contributed by atoms with Gasteiger partial charge in [0.1, 0.15) is 5.78 Å². The number of nitrogens with zero attached hydrogens (tertiary/aromatic N) is 1. The standard InChI is InChI=1S/C9H15NO3S2/c1-9(2)7(6(11)3-4-14)15-5-10(9)8(12)13/h7,14H,3-5H2,1-2H3,(H,12,13). The van der Waals surface area contributed by atoms with Crippen LogP contribution in [0.15, 0.2) is 0 Å². The topological polar surface area (TPSA) is 57.6 Å². The zero-order chi connectivity index (χ0) is 11.6. The summed E-state index contributed by atoms with van der Waals surface area (Å²) < 4.78 is 0. The molecule has 1 N–H and O–H groups in total. The minimum Gasteiger partial charge on any atom is -0.465 e. The van der Waals surface area contributed by atoms with Crippen LogP contribution >= 0.6 is 24.4 Å². The van der Waals surface area contributed by atoms with E-state index in [-0.39, 0.29) is 11.0 Å². The normalized spacial score (nSPS) is 24.2. The monoisotopic (exact) mass is 249 g/mol. The van der Waals surface area contributed by atoms with Crippen molar-refractivity contribution in [3.63, 3.8) is 0 Å². The molecule has 1 heterocycles. The van der Waals surface area contributed by atoms with E-state index in [0.29, 0.717) is 18.1 Å². The molecule has 0 aromatic rings. The summed E-state index contributed by atoms with van der Waals surface area (Å²) in [5.74, 6) is 0.966. The Kier molecular flexibility index (Phi) is 3.94. The van der Waals surface area contributed by atoms with Gasteiger partial charge in [0.25, 0.3) is 0 Å². The van der Waals surface area contributed by atoms with E-state index in [1.807, 2.05) is 0 Å². The number of hydrogen-bond donors (Lipinski definition) is 2. The Labute approximate surface area is 98.8 Å². The van der Waals surface area contributed by atoms with Crippen molar-refractivity contribution in [3.05, 3.63) is 0 Å². The van der Waals surface area contributed by atoms with Crippen LogP contribution in [0.4, 0.5) is 4.79 Å². The lowest BCUT2D eigenvalue weighted by Gasteiger charge is -2.32. The molecule has 0 aromatic heterocycles. The van der Waals surface area contributed by atoms with Crippen LogP contribution < -0.4 is 0 Å². The first kappa shape index (κ1) is 12.7. The second-order valence-corrected chi connectivity index (χ2v) is 5.49. The van der Waals surface area contributed by atoms with Crippen LogP contribution in [0.1, 0.15) is 20.3 Å². The maximum atomic E-state index is 11.7. The fraction of sp³-hybridized carbons (Fsp3) is 0.778. The number of thiol groups is 1. The number of ketones is 1. The van der Waals surface area contributed by atoms with Gasteiger partial charge in [0, 0.05) is 6.42 Å². The summed E-state index contributed by atoms with van der Waals surface area (Å²) in [6, 6.07) is 0. The highest BCUT2D eigenvalue weighted by atomic mass is 32.2. The van der Waals surface area contributed by atoms with Gasteiger partial charge in [-0.1, -0.05) is 0 Å². The van der Waals surface area contributed by atoms with E-state index in [9.17, 15) is 9.59 Å². The lowest BCUT2D eigenvalue weighted by molar-refractivity contribution is -0.119. The van der Waals surface area contributed by atoms with Gasteiger partial charge in [-0.3, -0.25) is 9.69 Å². The van der Waals surface area contributed by atoms with Gasteiger partial charge < -0.3 is 5.11 Å². The highest BCUT2D eigenvalue weighted by Gasteiger charge is 2.47. The zero-order valence-corrected chi connectivity index (χ0v) is 10.5.